The molecule has 4 heteroatoms. The van der Waals surface area contributed by atoms with E-state index in [-0.39, 0.29) is 12.5 Å². The number of rotatable bonds is 3. The van der Waals surface area contributed by atoms with Crippen LogP contribution in [0.25, 0.3) is 0 Å². The van der Waals surface area contributed by atoms with E-state index in [4.69, 9.17) is 5.26 Å². The van der Waals surface area contributed by atoms with E-state index in [9.17, 15) is 9.90 Å². The maximum atomic E-state index is 11.9. The summed E-state index contributed by atoms with van der Waals surface area (Å²) < 4.78 is 0. The summed E-state index contributed by atoms with van der Waals surface area (Å²) in [5.41, 5.74) is 0.621. The van der Waals surface area contributed by atoms with Crippen molar-refractivity contribution in [2.45, 2.75) is 24.8 Å². The average molecular weight is 230 g/mol. The van der Waals surface area contributed by atoms with E-state index in [1.807, 2.05) is 6.07 Å². The van der Waals surface area contributed by atoms with Gasteiger partial charge >= 0.3 is 0 Å². The summed E-state index contributed by atoms with van der Waals surface area (Å²) in [7, 11) is 0. The van der Waals surface area contributed by atoms with Crippen LogP contribution in [0.1, 0.15) is 35.2 Å². The number of carbonyl (C=O) groups excluding carboxylic acids is 1. The Balaban J connectivity index is 2.07. The van der Waals surface area contributed by atoms with E-state index in [1.165, 1.54) is 0 Å². The Morgan fingerprint density at radius 3 is 2.47 bits per heavy atom. The molecule has 1 aliphatic rings. The van der Waals surface area contributed by atoms with Crippen molar-refractivity contribution in [3.8, 4) is 6.07 Å². The van der Waals surface area contributed by atoms with E-state index in [0.717, 1.165) is 19.3 Å². The van der Waals surface area contributed by atoms with Gasteiger partial charge in [-0.3, -0.25) is 4.79 Å². The minimum atomic E-state index is -0.426. The zero-order valence-electron chi connectivity index (χ0n) is 9.44. The van der Waals surface area contributed by atoms with Gasteiger partial charge in [-0.05, 0) is 43.5 Å². The van der Waals surface area contributed by atoms with Crippen molar-refractivity contribution in [3.05, 3.63) is 35.4 Å². The van der Waals surface area contributed by atoms with Crippen LogP contribution in [0.5, 0.6) is 0 Å². The summed E-state index contributed by atoms with van der Waals surface area (Å²) in [5, 5.41) is 20.8. The molecule has 0 heterocycles. The van der Waals surface area contributed by atoms with Crippen molar-refractivity contribution in [2.24, 2.45) is 0 Å². The Kier molecular flexibility index (Phi) is 3.12. The highest BCUT2D eigenvalue weighted by molar-refractivity contribution is 5.94. The normalized spacial score (nSPS) is 16.7. The first-order valence-corrected chi connectivity index (χ1v) is 5.63. The summed E-state index contributed by atoms with van der Waals surface area (Å²) in [6.07, 6.45) is 2.69. The molecule has 0 aliphatic heterocycles. The van der Waals surface area contributed by atoms with E-state index in [1.54, 1.807) is 24.3 Å². The number of amides is 1. The predicted octanol–water partition coefficient (Wildman–Crippen LogP) is 1.20. The van der Waals surface area contributed by atoms with Crippen molar-refractivity contribution >= 4 is 5.91 Å². The lowest BCUT2D eigenvalue weighted by Crippen LogP contribution is -2.56. The summed E-state index contributed by atoms with van der Waals surface area (Å²) in [5.74, 6) is -0.191. The summed E-state index contributed by atoms with van der Waals surface area (Å²) >= 11 is 0. The lowest BCUT2D eigenvalue weighted by Gasteiger charge is -2.40. The van der Waals surface area contributed by atoms with Crippen LogP contribution in [0, 0.1) is 11.3 Å². The standard InChI is InChI=1S/C13H14N2O2/c14-8-10-2-4-11(5-3-10)12(17)15-13(9-16)6-1-7-13/h2-5,16H,1,6-7,9H2,(H,15,17). The largest absolute Gasteiger partial charge is 0.394 e. The molecule has 0 spiro atoms. The Hall–Kier alpha value is -1.86. The molecule has 1 aromatic carbocycles. The molecule has 1 aliphatic carbocycles. The van der Waals surface area contributed by atoms with Crippen molar-refractivity contribution < 1.29 is 9.90 Å². The molecule has 2 rings (SSSR count). The number of nitrogens with zero attached hydrogens (tertiary/aromatic N) is 1. The summed E-state index contributed by atoms with van der Waals surface area (Å²) in [4.78, 5) is 11.9. The van der Waals surface area contributed by atoms with Gasteiger partial charge in [0.2, 0.25) is 0 Å². The third-order valence-electron chi connectivity index (χ3n) is 3.27. The Morgan fingerprint density at radius 1 is 1.41 bits per heavy atom. The molecule has 2 N–H and O–H groups in total. The molecule has 1 aromatic rings. The fourth-order valence-electron chi connectivity index (χ4n) is 1.94. The number of aliphatic hydroxyl groups is 1. The van der Waals surface area contributed by atoms with Crippen LogP contribution < -0.4 is 5.32 Å². The van der Waals surface area contributed by atoms with Gasteiger partial charge in [-0.15, -0.1) is 0 Å². The first kappa shape index (κ1) is 11.6. The number of aliphatic hydroxyl groups excluding tert-OH is 1. The number of nitrogens with one attached hydrogen (secondary N) is 1. The van der Waals surface area contributed by atoms with Gasteiger partial charge in [-0.25, -0.2) is 0 Å². The van der Waals surface area contributed by atoms with E-state index < -0.39 is 5.54 Å². The highest BCUT2D eigenvalue weighted by atomic mass is 16.3. The topological polar surface area (TPSA) is 73.1 Å². The molecule has 1 fully saturated rings. The van der Waals surface area contributed by atoms with Gasteiger partial charge in [0.1, 0.15) is 0 Å². The lowest BCUT2D eigenvalue weighted by molar-refractivity contribution is 0.0641. The highest BCUT2D eigenvalue weighted by Crippen LogP contribution is 2.31. The fraction of sp³-hybridized carbons (Fsp3) is 0.385. The number of carbonyl (C=O) groups is 1. The molecule has 17 heavy (non-hydrogen) atoms. The number of benzene rings is 1. The van der Waals surface area contributed by atoms with Crippen LogP contribution in [0.15, 0.2) is 24.3 Å². The lowest BCUT2D eigenvalue weighted by atomic mass is 9.77. The van der Waals surface area contributed by atoms with E-state index in [0.29, 0.717) is 11.1 Å². The number of hydrogen-bond acceptors (Lipinski definition) is 3. The average Bonchev–Trinajstić information content (AvgIpc) is 2.33. The first-order chi connectivity index (χ1) is 8.19. The van der Waals surface area contributed by atoms with Crippen molar-refractivity contribution in [3.63, 3.8) is 0 Å². The minimum absolute atomic E-state index is 0.0188. The van der Waals surface area contributed by atoms with Gasteiger partial charge in [0.05, 0.1) is 23.8 Å². The molecular formula is C13H14N2O2. The second kappa shape index (κ2) is 4.56. The highest BCUT2D eigenvalue weighted by Gasteiger charge is 2.37. The molecule has 0 atom stereocenters. The molecule has 0 bridgehead atoms. The molecule has 1 amide bonds. The zero-order valence-corrected chi connectivity index (χ0v) is 9.44. The van der Waals surface area contributed by atoms with Crippen molar-refractivity contribution in [2.75, 3.05) is 6.61 Å². The predicted molar refractivity (Wildman–Crippen MR) is 62.3 cm³/mol. The maximum absolute atomic E-state index is 11.9. The van der Waals surface area contributed by atoms with Crippen LogP contribution in [0.2, 0.25) is 0 Å². The number of hydrogen-bond donors (Lipinski definition) is 2. The van der Waals surface area contributed by atoms with Crippen molar-refractivity contribution in [1.82, 2.24) is 5.32 Å². The molecule has 1 saturated carbocycles. The van der Waals surface area contributed by atoms with Gasteiger partial charge in [-0.1, -0.05) is 0 Å². The Bertz CT molecular complexity index is 450. The summed E-state index contributed by atoms with van der Waals surface area (Å²) in [6.45, 7) is -0.0188. The third kappa shape index (κ3) is 2.29. The number of nitriles is 1. The molecule has 4 nitrogen and oxygen atoms in total. The molecule has 88 valence electrons. The van der Waals surface area contributed by atoms with Crippen LogP contribution >= 0.6 is 0 Å². The maximum Gasteiger partial charge on any atom is 0.251 e. The molecule has 0 saturated heterocycles. The monoisotopic (exact) mass is 230 g/mol. The second-order valence-corrected chi connectivity index (χ2v) is 4.44. The third-order valence-corrected chi connectivity index (χ3v) is 3.27. The van der Waals surface area contributed by atoms with Gasteiger partial charge in [0.15, 0.2) is 0 Å². The smallest absolute Gasteiger partial charge is 0.251 e. The quantitative estimate of drug-likeness (QED) is 0.819. The summed E-state index contributed by atoms with van der Waals surface area (Å²) in [6, 6.07) is 8.47. The van der Waals surface area contributed by atoms with Crippen LogP contribution in [-0.2, 0) is 0 Å². The second-order valence-electron chi connectivity index (χ2n) is 4.44. The molecule has 0 radical (unpaired) electrons. The van der Waals surface area contributed by atoms with Crippen LogP contribution in [-0.4, -0.2) is 23.2 Å². The van der Waals surface area contributed by atoms with Gasteiger partial charge < -0.3 is 10.4 Å². The van der Waals surface area contributed by atoms with E-state index in [2.05, 4.69) is 5.32 Å². The Labute approximate surface area is 99.9 Å². The molecule has 0 aromatic heterocycles. The fourth-order valence-corrected chi connectivity index (χ4v) is 1.94. The van der Waals surface area contributed by atoms with Crippen molar-refractivity contribution in [1.29, 1.82) is 5.26 Å². The molecular weight excluding hydrogens is 216 g/mol. The first-order valence-electron chi connectivity index (χ1n) is 5.63. The van der Waals surface area contributed by atoms with Gasteiger partial charge in [0.25, 0.3) is 5.91 Å². The van der Waals surface area contributed by atoms with Gasteiger partial charge in [-0.2, -0.15) is 5.26 Å². The van der Waals surface area contributed by atoms with Crippen LogP contribution in [0.3, 0.4) is 0 Å². The molecule has 0 unspecified atom stereocenters. The van der Waals surface area contributed by atoms with Gasteiger partial charge in [0, 0.05) is 5.56 Å². The van der Waals surface area contributed by atoms with Crippen LogP contribution in [0.4, 0.5) is 0 Å². The minimum Gasteiger partial charge on any atom is -0.394 e. The zero-order chi connectivity index (χ0) is 12.3. The van der Waals surface area contributed by atoms with E-state index >= 15 is 0 Å². The Morgan fingerprint density at radius 2 is 2.06 bits per heavy atom. The SMILES string of the molecule is N#Cc1ccc(C(=O)NC2(CO)CCC2)cc1.